The Balaban J connectivity index is 1.99. The predicted octanol–water partition coefficient (Wildman–Crippen LogP) is 4.89. The molecule has 0 heterocycles. The first-order chi connectivity index (χ1) is 9.65. The van der Waals surface area contributed by atoms with Gasteiger partial charge in [-0.1, -0.05) is 40.2 Å². The van der Waals surface area contributed by atoms with Gasteiger partial charge in [-0.2, -0.15) is 0 Å². The largest absolute Gasteiger partial charge is 0.293 e. The van der Waals surface area contributed by atoms with Gasteiger partial charge in [0.05, 0.1) is 0 Å². The Bertz CT molecular complexity index is 646. The van der Waals surface area contributed by atoms with Gasteiger partial charge in [0, 0.05) is 16.0 Å². The highest BCUT2D eigenvalue weighted by molar-refractivity contribution is 9.10. The molecule has 3 rings (SSSR count). The van der Waals surface area contributed by atoms with E-state index in [0.29, 0.717) is 10.0 Å². The lowest BCUT2D eigenvalue weighted by atomic mass is 9.79. The van der Waals surface area contributed by atoms with E-state index in [4.69, 9.17) is 0 Å². The van der Waals surface area contributed by atoms with Crippen molar-refractivity contribution in [2.45, 2.75) is 25.2 Å². The van der Waals surface area contributed by atoms with Gasteiger partial charge in [-0.3, -0.25) is 4.79 Å². The predicted molar refractivity (Wildman–Crippen MR) is 80.6 cm³/mol. The van der Waals surface area contributed by atoms with Crippen LogP contribution in [0.25, 0.3) is 0 Å². The lowest BCUT2D eigenvalue weighted by Gasteiger charge is -2.24. The molecular formula is C17H14BrFO. The van der Waals surface area contributed by atoms with Crippen LogP contribution in [-0.2, 0) is 6.42 Å². The van der Waals surface area contributed by atoms with Gasteiger partial charge in [0.25, 0.3) is 0 Å². The molecule has 0 bridgehead atoms. The quantitative estimate of drug-likeness (QED) is 0.715. The summed E-state index contributed by atoms with van der Waals surface area (Å²) in [5.74, 6) is -0.516. The maximum Gasteiger partial charge on any atom is 0.170 e. The second kappa shape index (κ2) is 5.49. The molecule has 0 aromatic heterocycles. The van der Waals surface area contributed by atoms with Crippen LogP contribution in [0.3, 0.4) is 0 Å². The maximum absolute atomic E-state index is 13.5. The highest BCUT2D eigenvalue weighted by Gasteiger charge is 2.27. The van der Waals surface area contributed by atoms with Crippen molar-refractivity contribution < 1.29 is 9.18 Å². The molecule has 0 saturated carbocycles. The third kappa shape index (κ3) is 2.55. The fourth-order valence-electron chi connectivity index (χ4n) is 2.92. The van der Waals surface area contributed by atoms with E-state index in [-0.39, 0.29) is 17.5 Å². The number of ketones is 1. The van der Waals surface area contributed by atoms with Crippen LogP contribution in [0.5, 0.6) is 0 Å². The minimum absolute atomic E-state index is 0.0114. The Labute approximate surface area is 126 Å². The lowest BCUT2D eigenvalue weighted by Crippen LogP contribution is -2.18. The van der Waals surface area contributed by atoms with Crippen LogP contribution in [0.2, 0.25) is 0 Å². The van der Waals surface area contributed by atoms with E-state index < -0.39 is 0 Å². The minimum atomic E-state index is -0.383. The number of aryl methyl sites for hydroxylation is 1. The topological polar surface area (TPSA) is 17.1 Å². The fraction of sp³-hybridized carbons (Fsp3) is 0.235. The summed E-state index contributed by atoms with van der Waals surface area (Å²) < 4.78 is 14.1. The number of carbonyl (C=O) groups is 1. The van der Waals surface area contributed by atoms with E-state index in [1.807, 2.05) is 18.2 Å². The molecule has 20 heavy (non-hydrogen) atoms. The van der Waals surface area contributed by atoms with Crippen molar-refractivity contribution >= 4 is 21.7 Å². The number of fused-ring (bicyclic) bond motifs is 1. The van der Waals surface area contributed by atoms with E-state index in [1.165, 1.54) is 17.7 Å². The average molecular weight is 333 g/mol. The van der Waals surface area contributed by atoms with E-state index >= 15 is 0 Å². The van der Waals surface area contributed by atoms with Gasteiger partial charge in [0.15, 0.2) is 5.78 Å². The molecule has 102 valence electrons. The number of benzene rings is 2. The summed E-state index contributed by atoms with van der Waals surface area (Å²) >= 11 is 3.24. The first-order valence-corrected chi connectivity index (χ1v) is 7.52. The number of Topliss-reactive ketones (excluding diaryl/α,β-unsaturated/α-hetero) is 1. The lowest BCUT2D eigenvalue weighted by molar-refractivity contribution is 0.0950. The van der Waals surface area contributed by atoms with Crippen LogP contribution in [0.4, 0.5) is 4.39 Å². The van der Waals surface area contributed by atoms with Crippen molar-refractivity contribution in [3.63, 3.8) is 0 Å². The van der Waals surface area contributed by atoms with Crippen LogP contribution >= 0.6 is 15.9 Å². The second-order valence-corrected chi connectivity index (χ2v) is 6.08. The van der Waals surface area contributed by atoms with Crippen molar-refractivity contribution in [1.82, 2.24) is 0 Å². The number of rotatable bonds is 2. The van der Waals surface area contributed by atoms with Gasteiger partial charge in [-0.05, 0) is 48.6 Å². The van der Waals surface area contributed by atoms with Crippen LogP contribution in [-0.4, -0.2) is 5.78 Å². The van der Waals surface area contributed by atoms with E-state index in [2.05, 4.69) is 22.0 Å². The number of halogens is 2. The number of hydrogen-bond acceptors (Lipinski definition) is 1. The Morgan fingerprint density at radius 1 is 1.20 bits per heavy atom. The Morgan fingerprint density at radius 3 is 2.80 bits per heavy atom. The molecule has 0 aliphatic heterocycles. The summed E-state index contributed by atoms with van der Waals surface area (Å²) in [7, 11) is 0. The van der Waals surface area contributed by atoms with Gasteiger partial charge < -0.3 is 0 Å². The molecule has 0 radical (unpaired) electrons. The molecule has 2 aromatic carbocycles. The molecule has 3 heteroatoms. The number of hydrogen-bond donors (Lipinski definition) is 0. The monoisotopic (exact) mass is 332 g/mol. The zero-order valence-corrected chi connectivity index (χ0v) is 12.5. The summed E-state index contributed by atoms with van der Waals surface area (Å²) in [6.07, 6.45) is 2.86. The zero-order chi connectivity index (χ0) is 14.1. The van der Waals surface area contributed by atoms with Crippen LogP contribution < -0.4 is 0 Å². The van der Waals surface area contributed by atoms with E-state index in [1.54, 1.807) is 6.07 Å². The van der Waals surface area contributed by atoms with Gasteiger partial charge in [0.1, 0.15) is 5.82 Å². The number of carbonyl (C=O) groups excluding carboxylic acids is 1. The average Bonchev–Trinajstić information content (AvgIpc) is 2.45. The maximum atomic E-state index is 13.5. The molecule has 0 spiro atoms. The first kappa shape index (κ1) is 13.5. The van der Waals surface area contributed by atoms with Gasteiger partial charge in [-0.15, -0.1) is 0 Å². The first-order valence-electron chi connectivity index (χ1n) is 6.73. The highest BCUT2D eigenvalue weighted by Crippen LogP contribution is 2.34. The molecule has 0 N–H and O–H groups in total. The molecule has 1 aliphatic rings. The van der Waals surface area contributed by atoms with Crippen LogP contribution in [0.15, 0.2) is 46.9 Å². The smallest absolute Gasteiger partial charge is 0.170 e. The van der Waals surface area contributed by atoms with E-state index in [9.17, 15) is 9.18 Å². The van der Waals surface area contributed by atoms with Gasteiger partial charge in [-0.25, -0.2) is 4.39 Å². The zero-order valence-electron chi connectivity index (χ0n) is 10.9. The molecule has 0 saturated heterocycles. The molecule has 1 aliphatic carbocycles. The Morgan fingerprint density at radius 2 is 2.00 bits per heavy atom. The molecular weight excluding hydrogens is 319 g/mol. The Kier molecular flexibility index (Phi) is 3.70. The van der Waals surface area contributed by atoms with Crippen molar-refractivity contribution in [2.24, 2.45) is 0 Å². The summed E-state index contributed by atoms with van der Waals surface area (Å²) in [5, 5.41) is 0. The van der Waals surface area contributed by atoms with Gasteiger partial charge >= 0.3 is 0 Å². The molecule has 0 amide bonds. The normalized spacial score (nSPS) is 17.6. The van der Waals surface area contributed by atoms with Crippen molar-refractivity contribution in [3.8, 4) is 0 Å². The second-order valence-electron chi connectivity index (χ2n) is 5.17. The van der Waals surface area contributed by atoms with Crippen molar-refractivity contribution in [2.75, 3.05) is 0 Å². The minimum Gasteiger partial charge on any atom is -0.293 e. The molecule has 1 unspecified atom stereocenters. The third-order valence-corrected chi connectivity index (χ3v) is 4.29. The SMILES string of the molecule is O=C(c1cc(F)cc(Br)c1)C1CCCc2ccccc21. The van der Waals surface area contributed by atoms with Crippen molar-refractivity contribution in [1.29, 1.82) is 0 Å². The summed E-state index contributed by atoms with van der Waals surface area (Å²) in [4.78, 5) is 12.7. The molecule has 1 atom stereocenters. The summed E-state index contributed by atoms with van der Waals surface area (Å²) in [6, 6.07) is 12.5. The van der Waals surface area contributed by atoms with Crippen LogP contribution in [0.1, 0.15) is 40.2 Å². The fourth-order valence-corrected chi connectivity index (χ4v) is 3.39. The van der Waals surface area contributed by atoms with E-state index in [0.717, 1.165) is 24.8 Å². The van der Waals surface area contributed by atoms with Gasteiger partial charge in [0.2, 0.25) is 0 Å². The standard InChI is InChI=1S/C17H14BrFO/c18-13-8-12(9-14(19)10-13)17(20)16-7-3-5-11-4-1-2-6-15(11)16/h1-2,4,6,8-10,16H,3,5,7H2. The summed E-state index contributed by atoms with van der Waals surface area (Å²) in [6.45, 7) is 0. The molecule has 0 fully saturated rings. The summed E-state index contributed by atoms with van der Waals surface area (Å²) in [5.41, 5.74) is 2.79. The Hall–Kier alpha value is -1.48. The third-order valence-electron chi connectivity index (χ3n) is 3.83. The molecule has 1 nitrogen and oxygen atoms in total. The highest BCUT2D eigenvalue weighted by atomic mass is 79.9. The molecule has 2 aromatic rings. The van der Waals surface area contributed by atoms with Crippen LogP contribution in [0, 0.1) is 5.82 Å². The van der Waals surface area contributed by atoms with Crippen molar-refractivity contribution in [3.05, 3.63) is 69.4 Å².